The molecular weight excluding hydrogens is 240 g/mol. The van der Waals surface area contributed by atoms with Crippen molar-refractivity contribution in [3.63, 3.8) is 0 Å². The van der Waals surface area contributed by atoms with Crippen LogP contribution in [0.5, 0.6) is 0 Å². The average molecular weight is 260 g/mol. The number of hydrogen-bond donors (Lipinski definition) is 1. The highest BCUT2D eigenvalue weighted by Gasteiger charge is 2.15. The normalized spacial score (nSPS) is 12.3. The van der Waals surface area contributed by atoms with Gasteiger partial charge >= 0.3 is 0 Å². The van der Waals surface area contributed by atoms with Crippen molar-refractivity contribution in [3.8, 4) is 0 Å². The number of aliphatic hydroxyl groups excluding tert-OH is 1. The van der Waals surface area contributed by atoms with E-state index in [1.807, 2.05) is 13.8 Å². The Morgan fingerprint density at radius 2 is 2.12 bits per heavy atom. The van der Waals surface area contributed by atoms with E-state index < -0.39 is 9.84 Å². The van der Waals surface area contributed by atoms with Gasteiger partial charge in [0.25, 0.3) is 0 Å². The van der Waals surface area contributed by atoms with E-state index in [1.165, 1.54) is 0 Å². The van der Waals surface area contributed by atoms with Crippen LogP contribution in [-0.2, 0) is 23.0 Å². The molecule has 0 saturated heterocycles. The summed E-state index contributed by atoms with van der Waals surface area (Å²) in [5, 5.41) is 13.3. The van der Waals surface area contributed by atoms with Crippen molar-refractivity contribution >= 4 is 9.84 Å². The summed E-state index contributed by atoms with van der Waals surface area (Å²) in [6.07, 6.45) is 1.61. The first-order chi connectivity index (χ1) is 7.91. The van der Waals surface area contributed by atoms with Gasteiger partial charge in [-0.05, 0) is 5.92 Å². The second kappa shape index (κ2) is 5.64. The lowest BCUT2D eigenvalue weighted by molar-refractivity contribution is 0.279. The standard InChI is InChI=1S/C11H20N2O3S/c1-4-17(15,16)6-5-13-11(9(2)3)10(8-14)7-12-13/h7,9,14H,4-6,8H2,1-3H3. The Bertz CT molecular complexity index is 463. The monoisotopic (exact) mass is 260 g/mol. The highest BCUT2D eigenvalue weighted by Crippen LogP contribution is 2.19. The first-order valence-electron chi connectivity index (χ1n) is 5.77. The average Bonchev–Trinajstić information content (AvgIpc) is 2.69. The summed E-state index contributed by atoms with van der Waals surface area (Å²) in [6, 6.07) is 0. The Labute approximate surface area is 102 Å². The Balaban J connectivity index is 2.89. The van der Waals surface area contributed by atoms with E-state index in [0.717, 1.165) is 11.3 Å². The fourth-order valence-corrected chi connectivity index (χ4v) is 2.51. The van der Waals surface area contributed by atoms with Crippen LogP contribution in [0.3, 0.4) is 0 Å². The molecule has 1 aromatic heterocycles. The number of nitrogens with zero attached hydrogens (tertiary/aromatic N) is 2. The molecule has 0 spiro atoms. The number of aromatic nitrogens is 2. The van der Waals surface area contributed by atoms with Gasteiger partial charge in [-0.1, -0.05) is 20.8 Å². The quantitative estimate of drug-likeness (QED) is 0.826. The molecule has 1 heterocycles. The van der Waals surface area contributed by atoms with E-state index in [2.05, 4.69) is 5.10 Å². The minimum atomic E-state index is -2.98. The summed E-state index contributed by atoms with van der Waals surface area (Å²) in [4.78, 5) is 0. The van der Waals surface area contributed by atoms with Crippen LogP contribution in [-0.4, -0.2) is 34.8 Å². The van der Waals surface area contributed by atoms with Crippen LogP contribution >= 0.6 is 0 Å². The van der Waals surface area contributed by atoms with Crippen molar-refractivity contribution in [2.24, 2.45) is 0 Å². The Hall–Kier alpha value is -0.880. The highest BCUT2D eigenvalue weighted by molar-refractivity contribution is 7.91. The fraction of sp³-hybridized carbons (Fsp3) is 0.727. The van der Waals surface area contributed by atoms with Gasteiger partial charge in [-0.15, -0.1) is 0 Å². The van der Waals surface area contributed by atoms with Crippen molar-refractivity contribution < 1.29 is 13.5 Å². The maximum Gasteiger partial charge on any atom is 0.151 e. The van der Waals surface area contributed by atoms with E-state index in [9.17, 15) is 13.5 Å². The number of aryl methyl sites for hydroxylation is 1. The molecule has 0 aliphatic carbocycles. The largest absolute Gasteiger partial charge is 0.392 e. The lowest BCUT2D eigenvalue weighted by Gasteiger charge is -2.12. The topological polar surface area (TPSA) is 72.2 Å². The first kappa shape index (κ1) is 14.2. The maximum absolute atomic E-state index is 11.4. The van der Waals surface area contributed by atoms with Gasteiger partial charge in [-0.3, -0.25) is 4.68 Å². The smallest absolute Gasteiger partial charge is 0.151 e. The molecule has 5 nitrogen and oxygen atoms in total. The lowest BCUT2D eigenvalue weighted by Crippen LogP contribution is -2.17. The Kier molecular flexibility index (Phi) is 4.70. The molecule has 0 radical (unpaired) electrons. The van der Waals surface area contributed by atoms with Gasteiger partial charge in [0.05, 0.1) is 25.1 Å². The molecular formula is C11H20N2O3S. The van der Waals surface area contributed by atoms with Gasteiger partial charge in [-0.25, -0.2) is 8.42 Å². The van der Waals surface area contributed by atoms with E-state index in [0.29, 0.717) is 6.54 Å². The van der Waals surface area contributed by atoms with Crippen LogP contribution in [0.2, 0.25) is 0 Å². The molecule has 0 aliphatic rings. The second-order valence-corrected chi connectivity index (χ2v) is 6.80. The molecule has 6 heteroatoms. The van der Waals surface area contributed by atoms with E-state index in [1.54, 1.807) is 17.8 Å². The Morgan fingerprint density at radius 1 is 1.47 bits per heavy atom. The Morgan fingerprint density at radius 3 is 2.59 bits per heavy atom. The zero-order valence-corrected chi connectivity index (χ0v) is 11.4. The molecule has 1 N–H and O–H groups in total. The molecule has 0 atom stereocenters. The molecule has 98 valence electrons. The molecule has 0 amide bonds. The van der Waals surface area contributed by atoms with Crippen LogP contribution in [0.25, 0.3) is 0 Å². The van der Waals surface area contributed by atoms with Crippen LogP contribution in [0.4, 0.5) is 0 Å². The van der Waals surface area contributed by atoms with E-state index in [-0.39, 0.29) is 24.0 Å². The van der Waals surface area contributed by atoms with Gasteiger partial charge < -0.3 is 5.11 Å². The number of aliphatic hydroxyl groups is 1. The SMILES string of the molecule is CCS(=O)(=O)CCn1ncc(CO)c1C(C)C. The summed E-state index contributed by atoms with van der Waals surface area (Å²) in [5.41, 5.74) is 1.69. The van der Waals surface area contributed by atoms with Gasteiger partial charge in [0.15, 0.2) is 9.84 Å². The van der Waals surface area contributed by atoms with Crippen LogP contribution in [0, 0.1) is 0 Å². The number of rotatable bonds is 6. The molecule has 17 heavy (non-hydrogen) atoms. The van der Waals surface area contributed by atoms with Crippen LogP contribution in [0.15, 0.2) is 6.20 Å². The predicted octanol–water partition coefficient (Wildman–Crippen LogP) is 0.933. The second-order valence-electron chi connectivity index (χ2n) is 4.33. The predicted molar refractivity (Wildman–Crippen MR) is 66.6 cm³/mol. The molecule has 1 rings (SSSR count). The lowest BCUT2D eigenvalue weighted by atomic mass is 10.1. The third-order valence-electron chi connectivity index (χ3n) is 2.73. The fourth-order valence-electron chi connectivity index (χ4n) is 1.77. The summed E-state index contributed by atoms with van der Waals surface area (Å²) in [5.74, 6) is 0.456. The summed E-state index contributed by atoms with van der Waals surface area (Å²) in [6.45, 7) is 5.93. The summed E-state index contributed by atoms with van der Waals surface area (Å²) in [7, 11) is -2.98. The van der Waals surface area contributed by atoms with Gasteiger partial charge in [0.1, 0.15) is 0 Å². The van der Waals surface area contributed by atoms with Crippen molar-refractivity contribution in [1.29, 1.82) is 0 Å². The molecule has 1 aromatic rings. The van der Waals surface area contributed by atoms with Crippen molar-refractivity contribution in [3.05, 3.63) is 17.5 Å². The molecule has 0 aliphatic heterocycles. The zero-order valence-electron chi connectivity index (χ0n) is 10.5. The van der Waals surface area contributed by atoms with Crippen LogP contribution < -0.4 is 0 Å². The van der Waals surface area contributed by atoms with Crippen molar-refractivity contribution in [2.45, 2.75) is 39.8 Å². The van der Waals surface area contributed by atoms with Crippen molar-refractivity contribution in [2.75, 3.05) is 11.5 Å². The minimum Gasteiger partial charge on any atom is -0.392 e. The van der Waals surface area contributed by atoms with E-state index in [4.69, 9.17) is 0 Å². The summed E-state index contributed by atoms with van der Waals surface area (Å²) < 4.78 is 24.6. The van der Waals surface area contributed by atoms with Gasteiger partial charge in [0, 0.05) is 17.0 Å². The molecule has 0 bridgehead atoms. The third kappa shape index (κ3) is 3.54. The molecule has 0 fully saturated rings. The van der Waals surface area contributed by atoms with E-state index >= 15 is 0 Å². The van der Waals surface area contributed by atoms with Crippen molar-refractivity contribution in [1.82, 2.24) is 9.78 Å². The first-order valence-corrected chi connectivity index (χ1v) is 7.59. The molecule has 0 aromatic carbocycles. The highest BCUT2D eigenvalue weighted by atomic mass is 32.2. The molecule has 0 unspecified atom stereocenters. The number of sulfone groups is 1. The number of hydrogen-bond acceptors (Lipinski definition) is 4. The molecule has 0 saturated carbocycles. The minimum absolute atomic E-state index is 0.0615. The zero-order chi connectivity index (χ0) is 13.1. The maximum atomic E-state index is 11.4. The third-order valence-corrected chi connectivity index (χ3v) is 4.42. The van der Waals surface area contributed by atoms with Gasteiger partial charge in [0.2, 0.25) is 0 Å². The van der Waals surface area contributed by atoms with Crippen LogP contribution in [0.1, 0.15) is 37.9 Å². The van der Waals surface area contributed by atoms with Gasteiger partial charge in [-0.2, -0.15) is 5.10 Å². The summed E-state index contributed by atoms with van der Waals surface area (Å²) >= 11 is 0.